The van der Waals surface area contributed by atoms with Crippen molar-refractivity contribution in [2.45, 2.75) is 33.4 Å². The summed E-state index contributed by atoms with van der Waals surface area (Å²) in [6.45, 7) is 5.19. The summed E-state index contributed by atoms with van der Waals surface area (Å²) >= 11 is 5.89. The third kappa shape index (κ3) is 4.24. The van der Waals surface area contributed by atoms with Crippen LogP contribution < -0.4 is 0 Å². The van der Waals surface area contributed by atoms with Crippen LogP contribution in [0.2, 0.25) is 5.02 Å². The van der Waals surface area contributed by atoms with Gasteiger partial charge in [-0.3, -0.25) is 4.79 Å². The van der Waals surface area contributed by atoms with Crippen LogP contribution in [0, 0.1) is 5.92 Å². The highest BCUT2D eigenvalue weighted by molar-refractivity contribution is 6.30. The van der Waals surface area contributed by atoms with E-state index < -0.39 is 12.0 Å². The molecule has 1 rings (SSSR count). The minimum absolute atomic E-state index is 0.166. The smallest absolute Gasteiger partial charge is 0.326 e. The molecule has 19 heavy (non-hydrogen) atoms. The van der Waals surface area contributed by atoms with Gasteiger partial charge >= 0.3 is 5.97 Å². The molecule has 1 N–H and O–H groups in total. The second-order valence-corrected chi connectivity index (χ2v) is 5.24. The Balaban J connectivity index is 3.01. The van der Waals surface area contributed by atoms with Crippen molar-refractivity contribution in [1.29, 1.82) is 0 Å². The van der Waals surface area contributed by atoms with Crippen molar-refractivity contribution in [2.24, 2.45) is 5.92 Å². The monoisotopic (exact) mass is 283 g/mol. The summed E-state index contributed by atoms with van der Waals surface area (Å²) in [6.07, 6.45) is 0. The molecule has 0 saturated heterocycles. The number of hydrogen-bond donors (Lipinski definition) is 1. The predicted octanol–water partition coefficient (Wildman–Crippen LogP) is 2.80. The fourth-order valence-corrected chi connectivity index (χ4v) is 2.23. The Hall–Kier alpha value is -1.55. The molecule has 1 unspecified atom stereocenters. The molecule has 104 valence electrons. The molecule has 0 saturated carbocycles. The molecule has 1 aromatic carbocycles. The number of carbonyl (C=O) groups excluding carboxylic acids is 1. The van der Waals surface area contributed by atoms with Crippen molar-refractivity contribution in [3.63, 3.8) is 0 Å². The molecule has 4 nitrogen and oxygen atoms in total. The van der Waals surface area contributed by atoms with Gasteiger partial charge in [0.2, 0.25) is 5.91 Å². The summed E-state index contributed by atoms with van der Waals surface area (Å²) in [5.41, 5.74) is 0.814. The van der Waals surface area contributed by atoms with Gasteiger partial charge in [0, 0.05) is 18.5 Å². The van der Waals surface area contributed by atoms with Crippen LogP contribution in [-0.4, -0.2) is 27.9 Å². The lowest BCUT2D eigenvalue weighted by Gasteiger charge is -2.30. The van der Waals surface area contributed by atoms with Gasteiger partial charge in [0.1, 0.15) is 6.04 Å². The van der Waals surface area contributed by atoms with Gasteiger partial charge in [-0.2, -0.15) is 0 Å². The standard InChI is InChI=1S/C14H18ClNO3/c1-9(2)13(14(18)19)16(10(3)17)8-11-5-4-6-12(15)7-11/h4-7,9,13H,8H2,1-3H3,(H,18,19). The molecular weight excluding hydrogens is 266 g/mol. The third-order valence-electron chi connectivity index (χ3n) is 2.87. The zero-order chi connectivity index (χ0) is 14.6. The van der Waals surface area contributed by atoms with Crippen molar-refractivity contribution in [2.75, 3.05) is 0 Å². The lowest BCUT2D eigenvalue weighted by Crippen LogP contribution is -2.46. The Labute approximate surface area is 118 Å². The lowest BCUT2D eigenvalue weighted by molar-refractivity contribution is -0.152. The Morgan fingerprint density at radius 1 is 1.37 bits per heavy atom. The largest absolute Gasteiger partial charge is 0.480 e. The van der Waals surface area contributed by atoms with E-state index in [4.69, 9.17) is 11.6 Å². The highest BCUT2D eigenvalue weighted by atomic mass is 35.5. The molecule has 1 atom stereocenters. The van der Waals surface area contributed by atoms with Gasteiger partial charge in [0.15, 0.2) is 0 Å². The van der Waals surface area contributed by atoms with Crippen LogP contribution in [-0.2, 0) is 16.1 Å². The molecule has 0 heterocycles. The average Bonchev–Trinajstić information content (AvgIpc) is 2.26. The second kappa shape index (κ2) is 6.57. The second-order valence-electron chi connectivity index (χ2n) is 4.80. The van der Waals surface area contributed by atoms with Gasteiger partial charge in [0.25, 0.3) is 0 Å². The van der Waals surface area contributed by atoms with Crippen molar-refractivity contribution in [3.05, 3.63) is 34.9 Å². The Morgan fingerprint density at radius 2 is 2.00 bits per heavy atom. The number of nitrogens with zero attached hydrogens (tertiary/aromatic N) is 1. The maximum atomic E-state index is 11.7. The van der Waals surface area contributed by atoms with Gasteiger partial charge in [-0.05, 0) is 23.6 Å². The average molecular weight is 284 g/mol. The molecule has 0 aliphatic heterocycles. The number of benzene rings is 1. The summed E-state index contributed by atoms with van der Waals surface area (Å²) in [7, 11) is 0. The first-order chi connectivity index (χ1) is 8.82. The summed E-state index contributed by atoms with van der Waals surface area (Å²) in [5, 5.41) is 9.84. The van der Waals surface area contributed by atoms with Crippen LogP contribution in [0.3, 0.4) is 0 Å². The highest BCUT2D eigenvalue weighted by Gasteiger charge is 2.30. The first-order valence-corrected chi connectivity index (χ1v) is 6.45. The fraction of sp³-hybridized carbons (Fsp3) is 0.429. The molecule has 0 fully saturated rings. The van der Waals surface area contributed by atoms with Crippen LogP contribution in [0.25, 0.3) is 0 Å². The van der Waals surface area contributed by atoms with Gasteiger partial charge in [-0.1, -0.05) is 37.6 Å². The minimum Gasteiger partial charge on any atom is -0.480 e. The van der Waals surface area contributed by atoms with E-state index in [1.807, 2.05) is 6.07 Å². The van der Waals surface area contributed by atoms with Crippen molar-refractivity contribution >= 4 is 23.5 Å². The lowest BCUT2D eigenvalue weighted by atomic mass is 10.0. The van der Waals surface area contributed by atoms with E-state index in [1.165, 1.54) is 11.8 Å². The topological polar surface area (TPSA) is 57.6 Å². The van der Waals surface area contributed by atoms with E-state index in [0.717, 1.165) is 5.56 Å². The summed E-state index contributed by atoms with van der Waals surface area (Å²) in [6, 6.07) is 6.23. The van der Waals surface area contributed by atoms with Crippen molar-refractivity contribution in [1.82, 2.24) is 4.90 Å². The van der Waals surface area contributed by atoms with Crippen molar-refractivity contribution in [3.8, 4) is 0 Å². The number of carboxylic acid groups (broad SMARTS) is 1. The molecule has 0 spiro atoms. The van der Waals surface area contributed by atoms with E-state index in [2.05, 4.69) is 0 Å². The molecule has 1 aromatic rings. The summed E-state index contributed by atoms with van der Waals surface area (Å²) in [4.78, 5) is 24.4. The molecule has 0 aliphatic carbocycles. The molecule has 0 bridgehead atoms. The quantitative estimate of drug-likeness (QED) is 0.904. The van der Waals surface area contributed by atoms with Gasteiger partial charge in [-0.25, -0.2) is 4.79 Å². The first kappa shape index (κ1) is 15.5. The molecule has 5 heteroatoms. The van der Waals surface area contributed by atoms with Crippen LogP contribution in [0.5, 0.6) is 0 Å². The van der Waals surface area contributed by atoms with Gasteiger partial charge in [-0.15, -0.1) is 0 Å². The van der Waals surface area contributed by atoms with Gasteiger partial charge in [0.05, 0.1) is 0 Å². The van der Waals surface area contributed by atoms with E-state index in [1.54, 1.807) is 32.0 Å². The molecule has 0 radical (unpaired) electrons. The maximum absolute atomic E-state index is 11.7. The van der Waals surface area contributed by atoms with Crippen LogP contribution >= 0.6 is 11.6 Å². The van der Waals surface area contributed by atoms with E-state index in [-0.39, 0.29) is 18.4 Å². The minimum atomic E-state index is -0.993. The molecular formula is C14H18ClNO3. The van der Waals surface area contributed by atoms with Crippen LogP contribution in [0.4, 0.5) is 0 Å². The number of halogens is 1. The van der Waals surface area contributed by atoms with Crippen LogP contribution in [0.15, 0.2) is 24.3 Å². The maximum Gasteiger partial charge on any atom is 0.326 e. The zero-order valence-electron chi connectivity index (χ0n) is 11.3. The SMILES string of the molecule is CC(=O)N(Cc1cccc(Cl)c1)C(C(=O)O)C(C)C. The predicted molar refractivity (Wildman–Crippen MR) is 73.9 cm³/mol. The third-order valence-corrected chi connectivity index (χ3v) is 3.10. The number of hydrogen-bond acceptors (Lipinski definition) is 2. The summed E-state index contributed by atoms with van der Waals surface area (Å²) in [5.74, 6) is -1.42. The number of amides is 1. The number of carbonyl (C=O) groups is 2. The molecule has 1 amide bonds. The van der Waals surface area contributed by atoms with E-state index in [9.17, 15) is 14.7 Å². The first-order valence-electron chi connectivity index (χ1n) is 6.07. The zero-order valence-corrected chi connectivity index (χ0v) is 12.0. The van der Waals surface area contributed by atoms with E-state index in [0.29, 0.717) is 5.02 Å². The Bertz CT molecular complexity index is 474. The number of aliphatic carboxylic acids is 1. The fourth-order valence-electron chi connectivity index (χ4n) is 2.02. The highest BCUT2D eigenvalue weighted by Crippen LogP contribution is 2.18. The van der Waals surface area contributed by atoms with Gasteiger partial charge < -0.3 is 10.0 Å². The normalized spacial score (nSPS) is 12.3. The molecule has 0 aromatic heterocycles. The Kier molecular flexibility index (Phi) is 5.36. The number of carboxylic acids is 1. The van der Waals surface area contributed by atoms with Crippen molar-refractivity contribution < 1.29 is 14.7 Å². The Morgan fingerprint density at radius 3 is 2.42 bits per heavy atom. The van der Waals surface area contributed by atoms with Crippen LogP contribution in [0.1, 0.15) is 26.3 Å². The number of rotatable bonds is 5. The molecule has 0 aliphatic rings. The van der Waals surface area contributed by atoms with E-state index >= 15 is 0 Å². The summed E-state index contributed by atoms with van der Waals surface area (Å²) < 4.78 is 0.